The van der Waals surface area contributed by atoms with E-state index in [2.05, 4.69) is 16.7 Å². The molecule has 4 rings (SSSR count). The topological polar surface area (TPSA) is 117 Å². The summed E-state index contributed by atoms with van der Waals surface area (Å²) in [5.41, 5.74) is 10.7. The number of nitrogens with one attached hydrogen (secondary N) is 2. The number of benzene rings is 4. The highest BCUT2D eigenvalue weighted by atomic mass is 16.5. The SMILES string of the molecule is N#Cc1ccccc1-c1ccc([C@H](NC(=O)OCc2ccccc2)C(=O)Nc2cccc(CN)c2)cc1. The molecule has 184 valence electrons. The fourth-order valence-electron chi connectivity index (χ4n) is 3.86. The van der Waals surface area contributed by atoms with Gasteiger partial charge in [-0.1, -0.05) is 84.9 Å². The number of carbonyl (C=O) groups excluding carboxylic acids is 2. The van der Waals surface area contributed by atoms with Gasteiger partial charge in [0.15, 0.2) is 0 Å². The quantitative estimate of drug-likeness (QED) is 0.310. The van der Waals surface area contributed by atoms with E-state index >= 15 is 0 Å². The predicted molar refractivity (Wildman–Crippen MR) is 142 cm³/mol. The smallest absolute Gasteiger partial charge is 0.408 e. The normalized spacial score (nSPS) is 11.1. The molecule has 0 heterocycles. The second-order valence-corrected chi connectivity index (χ2v) is 8.31. The molecule has 37 heavy (non-hydrogen) atoms. The Kier molecular flexibility index (Phi) is 8.27. The highest BCUT2D eigenvalue weighted by molar-refractivity contribution is 5.97. The molecule has 4 aromatic rings. The van der Waals surface area contributed by atoms with E-state index in [-0.39, 0.29) is 6.61 Å². The molecule has 0 aromatic heterocycles. The van der Waals surface area contributed by atoms with Crippen molar-refractivity contribution in [1.82, 2.24) is 5.32 Å². The second kappa shape index (κ2) is 12.2. The maximum atomic E-state index is 13.3. The van der Waals surface area contributed by atoms with Crippen LogP contribution in [0.25, 0.3) is 11.1 Å². The van der Waals surface area contributed by atoms with Gasteiger partial charge in [0.05, 0.1) is 11.6 Å². The summed E-state index contributed by atoms with van der Waals surface area (Å²) in [4.78, 5) is 26.0. The molecule has 0 spiro atoms. The van der Waals surface area contributed by atoms with Crippen molar-refractivity contribution in [3.8, 4) is 17.2 Å². The van der Waals surface area contributed by atoms with Crippen molar-refractivity contribution >= 4 is 17.7 Å². The average molecular weight is 491 g/mol. The largest absolute Gasteiger partial charge is 0.445 e. The monoisotopic (exact) mass is 490 g/mol. The molecule has 7 heteroatoms. The Bertz CT molecular complexity index is 1410. The maximum absolute atomic E-state index is 13.3. The maximum Gasteiger partial charge on any atom is 0.408 e. The van der Waals surface area contributed by atoms with Gasteiger partial charge < -0.3 is 21.1 Å². The Balaban J connectivity index is 1.56. The van der Waals surface area contributed by atoms with Crippen molar-refractivity contribution < 1.29 is 14.3 Å². The summed E-state index contributed by atoms with van der Waals surface area (Å²) in [6.45, 7) is 0.409. The summed E-state index contributed by atoms with van der Waals surface area (Å²) in [6.07, 6.45) is -0.724. The van der Waals surface area contributed by atoms with Crippen molar-refractivity contribution in [2.24, 2.45) is 5.73 Å². The molecule has 4 aromatic carbocycles. The summed E-state index contributed by atoms with van der Waals surface area (Å²) in [5, 5.41) is 15.0. The molecule has 0 aliphatic heterocycles. The van der Waals surface area contributed by atoms with Crippen LogP contribution in [-0.4, -0.2) is 12.0 Å². The first kappa shape index (κ1) is 25.2. The first-order valence-corrected chi connectivity index (χ1v) is 11.7. The average Bonchev–Trinajstić information content (AvgIpc) is 2.95. The lowest BCUT2D eigenvalue weighted by atomic mass is 9.97. The Labute approximate surface area is 215 Å². The number of ether oxygens (including phenoxy) is 1. The number of anilines is 1. The van der Waals surface area contributed by atoms with E-state index in [4.69, 9.17) is 10.5 Å². The number of hydrogen-bond acceptors (Lipinski definition) is 5. The number of nitrogens with zero attached hydrogens (tertiary/aromatic N) is 1. The third-order valence-electron chi connectivity index (χ3n) is 5.77. The van der Waals surface area contributed by atoms with Crippen LogP contribution in [0.3, 0.4) is 0 Å². The summed E-state index contributed by atoms with van der Waals surface area (Å²) in [5.74, 6) is -0.434. The lowest BCUT2D eigenvalue weighted by Crippen LogP contribution is -2.37. The molecule has 0 aliphatic carbocycles. The number of rotatable bonds is 8. The summed E-state index contributed by atoms with van der Waals surface area (Å²) >= 11 is 0. The van der Waals surface area contributed by atoms with Crippen LogP contribution in [0.5, 0.6) is 0 Å². The minimum atomic E-state index is -1.02. The Hall–Kier alpha value is -4.93. The molecule has 0 aliphatic rings. The van der Waals surface area contributed by atoms with Crippen molar-refractivity contribution in [3.63, 3.8) is 0 Å². The molecule has 4 N–H and O–H groups in total. The van der Waals surface area contributed by atoms with Crippen LogP contribution in [0.2, 0.25) is 0 Å². The van der Waals surface area contributed by atoms with E-state index in [9.17, 15) is 14.9 Å². The van der Waals surface area contributed by atoms with Gasteiger partial charge in [-0.05, 0) is 46.0 Å². The molecule has 0 saturated heterocycles. The van der Waals surface area contributed by atoms with Crippen LogP contribution in [0.4, 0.5) is 10.5 Å². The molecule has 2 amide bonds. The van der Waals surface area contributed by atoms with E-state index in [1.54, 1.807) is 42.5 Å². The van der Waals surface area contributed by atoms with Crippen LogP contribution in [0.15, 0.2) is 103 Å². The standard InChI is InChI=1S/C30H26N4O3/c31-18-22-9-6-11-26(17-22)33-29(35)28(34-30(36)37-20-21-7-2-1-3-8-21)24-15-13-23(14-16-24)27-12-5-4-10-25(27)19-32/h1-17,28H,18,20,31H2,(H,33,35)(H,34,36)/t28-/m0/s1. The van der Waals surface area contributed by atoms with Crippen LogP contribution < -0.4 is 16.4 Å². The third kappa shape index (κ3) is 6.60. The van der Waals surface area contributed by atoms with E-state index in [0.29, 0.717) is 23.4 Å². The third-order valence-corrected chi connectivity index (χ3v) is 5.77. The van der Waals surface area contributed by atoms with Gasteiger partial charge in [0, 0.05) is 12.2 Å². The fourth-order valence-corrected chi connectivity index (χ4v) is 3.86. The number of amides is 2. The van der Waals surface area contributed by atoms with E-state index in [1.165, 1.54) is 0 Å². The van der Waals surface area contributed by atoms with Gasteiger partial charge in [0.25, 0.3) is 5.91 Å². The van der Waals surface area contributed by atoms with Gasteiger partial charge in [-0.2, -0.15) is 5.26 Å². The predicted octanol–water partition coefficient (Wildman–Crippen LogP) is 5.29. The second-order valence-electron chi connectivity index (χ2n) is 8.31. The number of carbonyl (C=O) groups is 2. The van der Waals surface area contributed by atoms with Crippen molar-refractivity contribution in [2.45, 2.75) is 19.2 Å². The Morgan fingerprint density at radius 2 is 1.57 bits per heavy atom. The van der Waals surface area contributed by atoms with Crippen molar-refractivity contribution in [1.29, 1.82) is 5.26 Å². The van der Waals surface area contributed by atoms with Crippen LogP contribution >= 0.6 is 0 Å². The van der Waals surface area contributed by atoms with Crippen LogP contribution in [0.1, 0.15) is 28.3 Å². The van der Waals surface area contributed by atoms with Gasteiger partial charge in [-0.25, -0.2) is 4.79 Å². The molecule has 1 atom stereocenters. The van der Waals surface area contributed by atoms with Gasteiger partial charge in [-0.3, -0.25) is 4.79 Å². The van der Waals surface area contributed by atoms with Gasteiger partial charge >= 0.3 is 6.09 Å². The lowest BCUT2D eigenvalue weighted by molar-refractivity contribution is -0.118. The lowest BCUT2D eigenvalue weighted by Gasteiger charge is -2.19. The Morgan fingerprint density at radius 1 is 0.865 bits per heavy atom. The number of nitrogens with two attached hydrogens (primary N) is 1. The van der Waals surface area contributed by atoms with E-state index in [1.807, 2.05) is 60.7 Å². The minimum Gasteiger partial charge on any atom is -0.445 e. The molecular formula is C30H26N4O3. The first-order valence-electron chi connectivity index (χ1n) is 11.7. The molecule has 0 bridgehead atoms. The van der Waals surface area contributed by atoms with Gasteiger partial charge in [0.1, 0.15) is 12.6 Å². The highest BCUT2D eigenvalue weighted by Gasteiger charge is 2.24. The van der Waals surface area contributed by atoms with Crippen LogP contribution in [0, 0.1) is 11.3 Å². The highest BCUT2D eigenvalue weighted by Crippen LogP contribution is 2.26. The van der Waals surface area contributed by atoms with Crippen LogP contribution in [-0.2, 0) is 22.7 Å². The summed E-state index contributed by atoms with van der Waals surface area (Å²) in [6, 6.07) is 32.1. The molecule has 0 unspecified atom stereocenters. The van der Waals surface area contributed by atoms with E-state index < -0.39 is 18.0 Å². The number of alkyl carbamates (subject to hydrolysis) is 1. The Morgan fingerprint density at radius 3 is 2.30 bits per heavy atom. The zero-order valence-corrected chi connectivity index (χ0v) is 20.1. The first-order chi connectivity index (χ1) is 18.1. The summed E-state index contributed by atoms with van der Waals surface area (Å²) < 4.78 is 5.36. The van der Waals surface area contributed by atoms with Gasteiger partial charge in [-0.15, -0.1) is 0 Å². The zero-order chi connectivity index (χ0) is 26.0. The summed E-state index contributed by atoms with van der Waals surface area (Å²) in [7, 11) is 0. The van der Waals surface area contributed by atoms with Crippen molar-refractivity contribution in [3.05, 3.63) is 125 Å². The van der Waals surface area contributed by atoms with Gasteiger partial charge in [0.2, 0.25) is 0 Å². The van der Waals surface area contributed by atoms with Crippen molar-refractivity contribution in [2.75, 3.05) is 5.32 Å². The number of hydrogen-bond donors (Lipinski definition) is 3. The van der Waals surface area contributed by atoms with E-state index in [0.717, 1.165) is 22.3 Å². The number of nitriles is 1. The molecule has 0 saturated carbocycles. The molecule has 7 nitrogen and oxygen atoms in total. The molecule has 0 fully saturated rings. The zero-order valence-electron chi connectivity index (χ0n) is 20.1. The molecule has 0 radical (unpaired) electrons. The fraction of sp³-hybridized carbons (Fsp3) is 0.100. The molecular weight excluding hydrogens is 464 g/mol. The minimum absolute atomic E-state index is 0.0729.